The standard InChI is InChI=1S/C11H16ClNOS/c1-14-6-2-5-13-9-3-4-10-8(9)7-11(12)15-10/h7,9,13H,2-6H2,1H3. The van der Waals surface area contributed by atoms with E-state index in [1.54, 1.807) is 18.4 Å². The van der Waals surface area contributed by atoms with Gasteiger partial charge in [0, 0.05) is 24.6 Å². The molecule has 2 nitrogen and oxygen atoms in total. The Balaban J connectivity index is 1.84. The van der Waals surface area contributed by atoms with E-state index in [0.29, 0.717) is 6.04 Å². The molecular weight excluding hydrogens is 230 g/mol. The van der Waals surface area contributed by atoms with Crippen LogP contribution in [0.15, 0.2) is 6.07 Å². The third-order valence-corrected chi connectivity index (χ3v) is 4.10. The van der Waals surface area contributed by atoms with Crippen molar-refractivity contribution in [2.24, 2.45) is 0 Å². The van der Waals surface area contributed by atoms with Gasteiger partial charge in [0.15, 0.2) is 0 Å². The smallest absolute Gasteiger partial charge is 0.0934 e. The maximum atomic E-state index is 6.00. The molecule has 1 N–H and O–H groups in total. The molecule has 0 amide bonds. The number of rotatable bonds is 5. The van der Waals surface area contributed by atoms with Crippen molar-refractivity contribution < 1.29 is 4.74 Å². The van der Waals surface area contributed by atoms with Gasteiger partial charge in [-0.2, -0.15) is 0 Å². The van der Waals surface area contributed by atoms with E-state index in [2.05, 4.69) is 11.4 Å². The van der Waals surface area contributed by atoms with Crippen LogP contribution in [0.2, 0.25) is 4.34 Å². The van der Waals surface area contributed by atoms with Gasteiger partial charge in [0.05, 0.1) is 4.34 Å². The van der Waals surface area contributed by atoms with Crippen LogP contribution in [0.1, 0.15) is 29.3 Å². The van der Waals surface area contributed by atoms with Gasteiger partial charge < -0.3 is 10.1 Å². The predicted molar refractivity (Wildman–Crippen MR) is 64.9 cm³/mol. The Hall–Kier alpha value is -0.0900. The summed E-state index contributed by atoms with van der Waals surface area (Å²) in [5.41, 5.74) is 1.42. The maximum Gasteiger partial charge on any atom is 0.0934 e. The van der Waals surface area contributed by atoms with Crippen molar-refractivity contribution in [3.05, 3.63) is 20.8 Å². The van der Waals surface area contributed by atoms with Gasteiger partial charge in [0.25, 0.3) is 0 Å². The summed E-state index contributed by atoms with van der Waals surface area (Å²) >= 11 is 7.72. The molecule has 4 heteroatoms. The Labute approximate surface area is 99.6 Å². The summed E-state index contributed by atoms with van der Waals surface area (Å²) in [7, 11) is 1.74. The Morgan fingerprint density at radius 3 is 3.33 bits per heavy atom. The third-order valence-electron chi connectivity index (χ3n) is 2.76. The van der Waals surface area contributed by atoms with Gasteiger partial charge in [-0.1, -0.05) is 11.6 Å². The van der Waals surface area contributed by atoms with Gasteiger partial charge in [-0.05, 0) is 37.4 Å². The van der Waals surface area contributed by atoms with E-state index in [9.17, 15) is 0 Å². The molecule has 0 fully saturated rings. The molecule has 1 aromatic rings. The SMILES string of the molecule is COCCCNC1CCc2sc(Cl)cc21. The second-order valence-corrected chi connectivity index (χ2v) is 5.59. The van der Waals surface area contributed by atoms with E-state index >= 15 is 0 Å². The number of methoxy groups -OCH3 is 1. The second kappa shape index (κ2) is 5.30. The van der Waals surface area contributed by atoms with E-state index in [4.69, 9.17) is 16.3 Å². The molecule has 1 atom stereocenters. The fraction of sp³-hybridized carbons (Fsp3) is 0.636. The van der Waals surface area contributed by atoms with Crippen LogP contribution in [0, 0.1) is 0 Å². The van der Waals surface area contributed by atoms with E-state index < -0.39 is 0 Å². The van der Waals surface area contributed by atoms with Gasteiger partial charge in [-0.15, -0.1) is 11.3 Å². The predicted octanol–water partition coefficient (Wildman–Crippen LogP) is 3.01. The van der Waals surface area contributed by atoms with Crippen LogP contribution in [0.25, 0.3) is 0 Å². The first-order valence-electron chi connectivity index (χ1n) is 5.31. The highest BCUT2D eigenvalue weighted by Crippen LogP contribution is 2.39. The molecule has 1 aromatic heterocycles. The summed E-state index contributed by atoms with van der Waals surface area (Å²) in [5, 5.41) is 3.55. The van der Waals surface area contributed by atoms with Crippen LogP contribution >= 0.6 is 22.9 Å². The lowest BCUT2D eigenvalue weighted by Gasteiger charge is -2.12. The first-order valence-corrected chi connectivity index (χ1v) is 6.51. The molecule has 0 saturated heterocycles. The molecule has 15 heavy (non-hydrogen) atoms. The molecule has 1 unspecified atom stereocenters. The zero-order valence-electron chi connectivity index (χ0n) is 8.88. The number of aryl methyl sites for hydroxylation is 1. The zero-order valence-corrected chi connectivity index (χ0v) is 10.5. The van der Waals surface area contributed by atoms with Crippen molar-refractivity contribution in [1.29, 1.82) is 0 Å². The number of nitrogens with one attached hydrogen (secondary N) is 1. The van der Waals surface area contributed by atoms with Gasteiger partial charge in [0.1, 0.15) is 0 Å². The molecule has 0 spiro atoms. The summed E-state index contributed by atoms with van der Waals surface area (Å²) in [6.07, 6.45) is 3.46. The Morgan fingerprint density at radius 1 is 1.67 bits per heavy atom. The van der Waals surface area contributed by atoms with Crippen LogP contribution in [-0.4, -0.2) is 20.3 Å². The fourth-order valence-electron chi connectivity index (χ4n) is 2.03. The molecule has 0 bridgehead atoms. The lowest BCUT2D eigenvalue weighted by atomic mass is 10.2. The van der Waals surface area contributed by atoms with Crippen LogP contribution < -0.4 is 5.32 Å². The van der Waals surface area contributed by atoms with E-state index in [1.165, 1.54) is 23.3 Å². The lowest BCUT2D eigenvalue weighted by Crippen LogP contribution is -2.21. The first kappa shape index (κ1) is 11.4. The number of thiophene rings is 1. The Kier molecular flexibility index (Phi) is 4.03. The van der Waals surface area contributed by atoms with Crippen LogP contribution in [-0.2, 0) is 11.2 Å². The van der Waals surface area contributed by atoms with Crippen LogP contribution in [0.3, 0.4) is 0 Å². The molecule has 1 heterocycles. The van der Waals surface area contributed by atoms with Gasteiger partial charge >= 0.3 is 0 Å². The van der Waals surface area contributed by atoms with Gasteiger partial charge in [-0.25, -0.2) is 0 Å². The molecule has 84 valence electrons. The molecule has 0 aliphatic heterocycles. The summed E-state index contributed by atoms with van der Waals surface area (Å²) < 4.78 is 5.94. The summed E-state index contributed by atoms with van der Waals surface area (Å²) in [5.74, 6) is 0. The zero-order chi connectivity index (χ0) is 10.7. The van der Waals surface area contributed by atoms with Crippen molar-refractivity contribution in [2.75, 3.05) is 20.3 Å². The van der Waals surface area contributed by atoms with Crippen LogP contribution in [0.5, 0.6) is 0 Å². The molecule has 1 aliphatic carbocycles. The number of ether oxygens (including phenoxy) is 1. The molecule has 0 aromatic carbocycles. The quantitative estimate of drug-likeness (QED) is 0.806. The second-order valence-electron chi connectivity index (χ2n) is 3.82. The molecule has 0 saturated carbocycles. The average molecular weight is 246 g/mol. The first-order chi connectivity index (χ1) is 7.31. The van der Waals surface area contributed by atoms with Crippen molar-refractivity contribution in [1.82, 2.24) is 5.32 Å². The van der Waals surface area contributed by atoms with Crippen molar-refractivity contribution in [3.63, 3.8) is 0 Å². The van der Waals surface area contributed by atoms with Crippen LogP contribution in [0.4, 0.5) is 0 Å². The van der Waals surface area contributed by atoms with Crippen molar-refractivity contribution in [3.8, 4) is 0 Å². The topological polar surface area (TPSA) is 21.3 Å². The van der Waals surface area contributed by atoms with Gasteiger partial charge in [0.2, 0.25) is 0 Å². The molecule has 2 rings (SSSR count). The summed E-state index contributed by atoms with van der Waals surface area (Å²) in [4.78, 5) is 1.46. The largest absolute Gasteiger partial charge is 0.385 e. The third kappa shape index (κ3) is 2.72. The molecule has 0 radical (unpaired) electrons. The number of hydrogen-bond donors (Lipinski definition) is 1. The highest BCUT2D eigenvalue weighted by molar-refractivity contribution is 7.16. The lowest BCUT2D eigenvalue weighted by molar-refractivity contribution is 0.193. The average Bonchev–Trinajstić information content (AvgIpc) is 2.73. The van der Waals surface area contributed by atoms with E-state index in [-0.39, 0.29) is 0 Å². The highest BCUT2D eigenvalue weighted by Gasteiger charge is 2.24. The Morgan fingerprint density at radius 2 is 2.53 bits per heavy atom. The molecular formula is C11H16ClNOS. The summed E-state index contributed by atoms with van der Waals surface area (Å²) in [6.45, 7) is 1.85. The van der Waals surface area contributed by atoms with E-state index in [1.807, 2.05) is 0 Å². The van der Waals surface area contributed by atoms with E-state index in [0.717, 1.165) is 23.9 Å². The van der Waals surface area contributed by atoms with Crippen molar-refractivity contribution >= 4 is 22.9 Å². The minimum atomic E-state index is 0.514. The minimum absolute atomic E-state index is 0.514. The summed E-state index contributed by atoms with van der Waals surface area (Å²) in [6, 6.07) is 2.63. The Bertz CT molecular complexity index is 326. The maximum absolute atomic E-state index is 6.00. The number of fused-ring (bicyclic) bond motifs is 1. The number of hydrogen-bond acceptors (Lipinski definition) is 3. The fourth-order valence-corrected chi connectivity index (χ4v) is 3.39. The monoisotopic (exact) mass is 245 g/mol. The normalized spacial score (nSPS) is 19.5. The van der Waals surface area contributed by atoms with Crippen molar-refractivity contribution in [2.45, 2.75) is 25.3 Å². The number of halogens is 1. The van der Waals surface area contributed by atoms with Gasteiger partial charge in [-0.3, -0.25) is 0 Å². The molecule has 1 aliphatic rings. The minimum Gasteiger partial charge on any atom is -0.385 e. The highest BCUT2D eigenvalue weighted by atomic mass is 35.5.